The molecular formula is C10H12N2O5. The monoisotopic (exact) mass is 240 g/mol. The molecule has 1 aromatic rings. The summed E-state index contributed by atoms with van der Waals surface area (Å²) in [5.41, 5.74) is 0.375. The number of rotatable bonds is 3. The molecule has 0 aliphatic heterocycles. The number of carboxylic acid groups (broad SMARTS) is 1. The van der Waals surface area contributed by atoms with Crippen molar-refractivity contribution in [2.45, 2.75) is 0 Å². The molecule has 0 radical (unpaired) electrons. The van der Waals surface area contributed by atoms with Crippen molar-refractivity contribution in [1.82, 2.24) is 0 Å². The van der Waals surface area contributed by atoms with Crippen molar-refractivity contribution in [2.75, 3.05) is 19.2 Å². The summed E-state index contributed by atoms with van der Waals surface area (Å²) < 4.78 is 9.51. The smallest absolute Gasteiger partial charge is 0.426 e. The van der Waals surface area contributed by atoms with E-state index < -0.39 is 12.1 Å². The SMILES string of the molecule is COC(=O)c1ccc(N(N)C(=O)O)cc1OC. The van der Waals surface area contributed by atoms with Gasteiger partial charge in [-0.05, 0) is 12.1 Å². The number of hydrogen-bond acceptors (Lipinski definition) is 5. The molecule has 0 saturated heterocycles. The van der Waals surface area contributed by atoms with Crippen molar-refractivity contribution in [3.8, 4) is 5.75 Å². The van der Waals surface area contributed by atoms with E-state index in [1.54, 1.807) is 0 Å². The Bertz CT molecular complexity index is 446. The average Bonchev–Trinajstić information content (AvgIpc) is 2.35. The fraction of sp³-hybridized carbons (Fsp3) is 0.200. The summed E-state index contributed by atoms with van der Waals surface area (Å²) >= 11 is 0. The van der Waals surface area contributed by atoms with Crippen molar-refractivity contribution < 1.29 is 24.2 Å². The van der Waals surface area contributed by atoms with E-state index in [-0.39, 0.29) is 17.0 Å². The van der Waals surface area contributed by atoms with E-state index in [4.69, 9.17) is 15.7 Å². The predicted molar refractivity (Wildman–Crippen MR) is 59.0 cm³/mol. The number of carbonyl (C=O) groups excluding carboxylic acids is 1. The van der Waals surface area contributed by atoms with Crippen molar-refractivity contribution in [2.24, 2.45) is 5.84 Å². The van der Waals surface area contributed by atoms with E-state index in [1.807, 2.05) is 0 Å². The number of esters is 1. The van der Waals surface area contributed by atoms with E-state index in [0.717, 1.165) is 0 Å². The van der Waals surface area contributed by atoms with Gasteiger partial charge in [-0.2, -0.15) is 0 Å². The number of amides is 1. The van der Waals surface area contributed by atoms with Gasteiger partial charge in [0.15, 0.2) is 0 Å². The highest BCUT2D eigenvalue weighted by Gasteiger charge is 2.16. The molecule has 0 saturated carbocycles. The zero-order valence-electron chi connectivity index (χ0n) is 9.34. The standard InChI is InChI=1S/C10H12N2O5/c1-16-8-5-6(12(11)10(14)15)3-4-7(8)9(13)17-2/h3-5H,11H2,1-2H3,(H,14,15). The zero-order chi connectivity index (χ0) is 13.0. The highest BCUT2D eigenvalue weighted by molar-refractivity contribution is 5.94. The Morgan fingerprint density at radius 3 is 2.47 bits per heavy atom. The molecule has 0 aliphatic rings. The normalized spacial score (nSPS) is 9.59. The van der Waals surface area contributed by atoms with Crippen LogP contribution in [0.4, 0.5) is 10.5 Å². The van der Waals surface area contributed by atoms with Crippen LogP contribution < -0.4 is 15.6 Å². The molecule has 0 unspecified atom stereocenters. The Morgan fingerprint density at radius 1 is 1.35 bits per heavy atom. The second-order valence-corrected chi connectivity index (χ2v) is 3.03. The van der Waals surface area contributed by atoms with Crippen LogP contribution in [-0.4, -0.2) is 31.4 Å². The van der Waals surface area contributed by atoms with Gasteiger partial charge in [0.2, 0.25) is 0 Å². The van der Waals surface area contributed by atoms with Crippen LogP contribution in [0.25, 0.3) is 0 Å². The molecule has 92 valence electrons. The van der Waals surface area contributed by atoms with Gasteiger partial charge in [0.1, 0.15) is 11.3 Å². The second kappa shape index (κ2) is 5.17. The molecule has 3 N–H and O–H groups in total. The minimum Gasteiger partial charge on any atom is -0.496 e. The molecule has 0 aliphatic carbocycles. The third kappa shape index (κ3) is 2.64. The van der Waals surface area contributed by atoms with Gasteiger partial charge in [0, 0.05) is 6.07 Å². The third-order valence-electron chi connectivity index (χ3n) is 2.07. The van der Waals surface area contributed by atoms with Gasteiger partial charge in [-0.25, -0.2) is 20.4 Å². The first-order chi connectivity index (χ1) is 8.01. The Labute approximate surface area is 97.3 Å². The number of hydrogen-bond donors (Lipinski definition) is 2. The summed E-state index contributed by atoms with van der Waals surface area (Å²) in [5.74, 6) is 4.89. The van der Waals surface area contributed by atoms with Gasteiger partial charge in [-0.3, -0.25) is 0 Å². The lowest BCUT2D eigenvalue weighted by atomic mass is 10.2. The first-order valence-corrected chi connectivity index (χ1v) is 4.55. The minimum atomic E-state index is -1.32. The molecule has 1 aromatic carbocycles. The number of ether oxygens (including phenoxy) is 2. The number of methoxy groups -OCH3 is 2. The second-order valence-electron chi connectivity index (χ2n) is 3.03. The lowest BCUT2D eigenvalue weighted by Gasteiger charge is -2.14. The van der Waals surface area contributed by atoms with Crippen LogP contribution in [0.1, 0.15) is 10.4 Å². The minimum absolute atomic E-state index is 0.182. The van der Waals surface area contributed by atoms with E-state index in [2.05, 4.69) is 4.74 Å². The van der Waals surface area contributed by atoms with Crippen LogP contribution in [-0.2, 0) is 4.74 Å². The van der Waals surface area contributed by atoms with Crippen LogP contribution in [0.3, 0.4) is 0 Å². The van der Waals surface area contributed by atoms with Crippen LogP contribution >= 0.6 is 0 Å². The van der Waals surface area contributed by atoms with Crippen LogP contribution in [0.5, 0.6) is 5.75 Å². The van der Waals surface area contributed by atoms with Gasteiger partial charge in [-0.1, -0.05) is 0 Å². The third-order valence-corrected chi connectivity index (χ3v) is 2.07. The van der Waals surface area contributed by atoms with E-state index in [0.29, 0.717) is 5.01 Å². The van der Waals surface area contributed by atoms with Gasteiger partial charge in [0.25, 0.3) is 0 Å². The zero-order valence-corrected chi connectivity index (χ0v) is 9.34. The number of nitrogens with zero attached hydrogens (tertiary/aromatic N) is 1. The van der Waals surface area contributed by atoms with E-state index >= 15 is 0 Å². The lowest BCUT2D eigenvalue weighted by Crippen LogP contribution is -2.36. The van der Waals surface area contributed by atoms with E-state index in [9.17, 15) is 9.59 Å². The van der Waals surface area contributed by atoms with Crippen LogP contribution in [0.15, 0.2) is 18.2 Å². The topological polar surface area (TPSA) is 102 Å². The van der Waals surface area contributed by atoms with Crippen molar-refractivity contribution in [3.63, 3.8) is 0 Å². The molecule has 0 bridgehead atoms. The molecule has 7 heteroatoms. The summed E-state index contributed by atoms with van der Waals surface area (Å²) in [5, 5.41) is 9.21. The quantitative estimate of drug-likeness (QED) is 0.351. The highest BCUT2D eigenvalue weighted by Crippen LogP contribution is 2.25. The van der Waals surface area contributed by atoms with Crippen molar-refractivity contribution >= 4 is 17.7 Å². The summed E-state index contributed by atoms with van der Waals surface area (Å²) in [6.07, 6.45) is -1.32. The molecule has 0 heterocycles. The molecule has 0 atom stereocenters. The number of anilines is 1. The fourth-order valence-corrected chi connectivity index (χ4v) is 1.22. The van der Waals surface area contributed by atoms with Gasteiger partial charge >= 0.3 is 12.1 Å². The summed E-state index contributed by atoms with van der Waals surface area (Å²) in [4.78, 5) is 22.0. The van der Waals surface area contributed by atoms with Crippen LogP contribution in [0, 0.1) is 0 Å². The Morgan fingerprint density at radius 2 is 2.00 bits per heavy atom. The van der Waals surface area contributed by atoms with Gasteiger partial charge in [-0.15, -0.1) is 0 Å². The maximum atomic E-state index is 11.3. The molecule has 7 nitrogen and oxygen atoms in total. The fourth-order valence-electron chi connectivity index (χ4n) is 1.22. The average molecular weight is 240 g/mol. The van der Waals surface area contributed by atoms with Gasteiger partial charge in [0.05, 0.1) is 19.9 Å². The number of carbonyl (C=O) groups is 2. The molecule has 0 fully saturated rings. The Kier molecular flexibility index (Phi) is 3.89. The van der Waals surface area contributed by atoms with Crippen molar-refractivity contribution in [1.29, 1.82) is 0 Å². The molecular weight excluding hydrogens is 228 g/mol. The lowest BCUT2D eigenvalue weighted by molar-refractivity contribution is 0.0597. The first kappa shape index (κ1) is 12.8. The molecule has 1 rings (SSSR count). The summed E-state index contributed by atoms with van der Waals surface area (Å²) in [6.45, 7) is 0. The molecule has 0 aromatic heterocycles. The maximum absolute atomic E-state index is 11.3. The first-order valence-electron chi connectivity index (χ1n) is 4.55. The number of benzene rings is 1. The number of nitrogens with two attached hydrogens (primary N) is 1. The van der Waals surface area contributed by atoms with Crippen molar-refractivity contribution in [3.05, 3.63) is 23.8 Å². The summed E-state index contributed by atoms with van der Waals surface area (Å²) in [6, 6.07) is 4.09. The highest BCUT2D eigenvalue weighted by atomic mass is 16.5. The van der Waals surface area contributed by atoms with Gasteiger partial charge < -0.3 is 14.6 Å². The Balaban J connectivity index is 3.17. The predicted octanol–water partition coefficient (Wildman–Crippen LogP) is 0.840. The molecule has 17 heavy (non-hydrogen) atoms. The van der Waals surface area contributed by atoms with Crippen LogP contribution in [0.2, 0.25) is 0 Å². The maximum Gasteiger partial charge on any atom is 0.426 e. The molecule has 1 amide bonds. The molecule has 0 spiro atoms. The largest absolute Gasteiger partial charge is 0.496 e. The Hall–Kier alpha value is -2.28. The van der Waals surface area contributed by atoms with E-state index in [1.165, 1.54) is 32.4 Å². The summed E-state index contributed by atoms with van der Waals surface area (Å²) in [7, 11) is 2.59. The number of hydrazine groups is 1.